The maximum Gasteiger partial charge on any atom is 0.149 e. The summed E-state index contributed by atoms with van der Waals surface area (Å²) < 4.78 is 0. The van der Waals surface area contributed by atoms with Gasteiger partial charge in [0.15, 0.2) is 0 Å². The Morgan fingerprint density at radius 3 is 2.85 bits per heavy atom. The van der Waals surface area contributed by atoms with E-state index in [9.17, 15) is 4.79 Å². The van der Waals surface area contributed by atoms with Gasteiger partial charge in [-0.15, -0.1) is 6.58 Å². The predicted octanol–water partition coefficient (Wildman–Crippen LogP) is 1.91. The van der Waals surface area contributed by atoms with Crippen LogP contribution < -0.4 is 5.32 Å². The van der Waals surface area contributed by atoms with Gasteiger partial charge in [-0.05, 0) is 45.6 Å². The van der Waals surface area contributed by atoms with Crippen LogP contribution in [0.15, 0.2) is 12.7 Å². The van der Waals surface area contributed by atoms with E-state index in [1.165, 1.54) is 0 Å². The molecule has 0 bridgehead atoms. The van der Waals surface area contributed by atoms with Gasteiger partial charge in [-0.1, -0.05) is 6.08 Å². The van der Waals surface area contributed by atoms with Crippen LogP contribution in [0.1, 0.15) is 32.6 Å². The Morgan fingerprint density at radius 1 is 1.77 bits per heavy atom. The molecule has 1 saturated carbocycles. The number of ketones is 1. The lowest BCUT2D eigenvalue weighted by atomic mass is 9.91. The highest BCUT2D eigenvalue weighted by Gasteiger charge is 2.40. The van der Waals surface area contributed by atoms with Crippen LogP contribution in [0.4, 0.5) is 0 Å². The zero-order valence-electron chi connectivity index (χ0n) is 8.60. The van der Waals surface area contributed by atoms with Gasteiger partial charge in [0, 0.05) is 0 Å². The normalized spacial score (nSPS) is 33.2. The van der Waals surface area contributed by atoms with Crippen molar-refractivity contribution in [3.8, 4) is 0 Å². The summed E-state index contributed by atoms with van der Waals surface area (Å²) in [5, 5.41) is 3.18. The Morgan fingerprint density at radius 2 is 2.46 bits per heavy atom. The van der Waals surface area contributed by atoms with Gasteiger partial charge in [-0.3, -0.25) is 4.79 Å². The van der Waals surface area contributed by atoms with Crippen molar-refractivity contribution in [1.29, 1.82) is 0 Å². The first-order chi connectivity index (χ1) is 6.14. The molecule has 2 atom stereocenters. The van der Waals surface area contributed by atoms with Crippen LogP contribution in [0.3, 0.4) is 0 Å². The zero-order chi connectivity index (χ0) is 9.90. The molecule has 0 spiro atoms. The molecular weight excluding hydrogens is 162 g/mol. The van der Waals surface area contributed by atoms with Gasteiger partial charge in [0.2, 0.25) is 0 Å². The summed E-state index contributed by atoms with van der Waals surface area (Å²) in [5.41, 5.74) is -0.228. The number of likely N-dealkylation sites (N-methyl/N-ethyl adjacent to an activating group) is 1. The zero-order valence-corrected chi connectivity index (χ0v) is 8.60. The van der Waals surface area contributed by atoms with Crippen molar-refractivity contribution in [2.24, 2.45) is 5.92 Å². The van der Waals surface area contributed by atoms with Crippen LogP contribution in [0.5, 0.6) is 0 Å². The second kappa shape index (κ2) is 4.05. The van der Waals surface area contributed by atoms with E-state index in [4.69, 9.17) is 0 Å². The third-order valence-corrected chi connectivity index (χ3v) is 3.27. The number of allylic oxidation sites excluding steroid dienone is 1. The minimum Gasteiger partial charge on any atom is -0.308 e. The van der Waals surface area contributed by atoms with E-state index in [0.717, 1.165) is 25.7 Å². The fourth-order valence-electron chi connectivity index (χ4n) is 2.31. The van der Waals surface area contributed by atoms with Crippen molar-refractivity contribution in [2.75, 3.05) is 7.05 Å². The summed E-state index contributed by atoms with van der Waals surface area (Å²) in [4.78, 5) is 11.5. The van der Waals surface area contributed by atoms with Gasteiger partial charge in [-0.2, -0.15) is 0 Å². The molecule has 0 aromatic heterocycles. The van der Waals surface area contributed by atoms with E-state index < -0.39 is 0 Å². The summed E-state index contributed by atoms with van der Waals surface area (Å²) in [7, 11) is 1.89. The fraction of sp³-hybridized carbons (Fsp3) is 0.727. The summed E-state index contributed by atoms with van der Waals surface area (Å²) in [6.07, 6.45) is 6.10. The molecular formula is C11H19NO. The van der Waals surface area contributed by atoms with Crippen molar-refractivity contribution >= 4 is 5.78 Å². The van der Waals surface area contributed by atoms with Crippen molar-refractivity contribution < 1.29 is 4.79 Å². The molecule has 1 rings (SSSR count). The second-order valence-electron chi connectivity index (χ2n) is 4.02. The Balaban J connectivity index is 2.62. The predicted molar refractivity (Wildman–Crippen MR) is 54.6 cm³/mol. The van der Waals surface area contributed by atoms with Crippen LogP contribution >= 0.6 is 0 Å². The van der Waals surface area contributed by atoms with E-state index in [1.54, 1.807) is 6.92 Å². The van der Waals surface area contributed by atoms with Crippen LogP contribution in [0.25, 0.3) is 0 Å². The lowest BCUT2D eigenvalue weighted by Gasteiger charge is -2.25. The van der Waals surface area contributed by atoms with Crippen molar-refractivity contribution in [3.63, 3.8) is 0 Å². The molecule has 2 unspecified atom stereocenters. The first-order valence-corrected chi connectivity index (χ1v) is 4.95. The number of hydrogen-bond donors (Lipinski definition) is 1. The largest absolute Gasteiger partial charge is 0.308 e. The number of carbonyl (C=O) groups excluding carboxylic acids is 1. The molecule has 13 heavy (non-hydrogen) atoms. The number of nitrogens with one attached hydrogen (secondary N) is 1. The molecule has 2 heteroatoms. The van der Waals surface area contributed by atoms with Crippen molar-refractivity contribution in [2.45, 2.75) is 38.1 Å². The molecule has 0 heterocycles. The third kappa shape index (κ3) is 1.99. The number of rotatable bonds is 4. The molecule has 0 amide bonds. The Kier molecular flexibility index (Phi) is 3.26. The maximum absolute atomic E-state index is 11.5. The van der Waals surface area contributed by atoms with Crippen LogP contribution in [-0.2, 0) is 4.79 Å². The lowest BCUT2D eigenvalue weighted by molar-refractivity contribution is -0.123. The average Bonchev–Trinajstić information content (AvgIpc) is 2.50. The van der Waals surface area contributed by atoms with Gasteiger partial charge in [-0.25, -0.2) is 0 Å². The molecule has 0 aromatic rings. The number of hydrogen-bond acceptors (Lipinski definition) is 2. The van der Waals surface area contributed by atoms with Gasteiger partial charge >= 0.3 is 0 Å². The van der Waals surface area contributed by atoms with E-state index in [1.807, 2.05) is 13.1 Å². The van der Waals surface area contributed by atoms with Crippen LogP contribution in [0.2, 0.25) is 0 Å². The summed E-state index contributed by atoms with van der Waals surface area (Å²) in [6, 6.07) is 0. The SMILES string of the molecule is C=CCC1CCC(NC)(C(C)=O)C1. The molecule has 74 valence electrons. The van der Waals surface area contributed by atoms with Gasteiger partial charge in [0.05, 0.1) is 5.54 Å². The molecule has 2 nitrogen and oxygen atoms in total. The molecule has 0 radical (unpaired) electrons. The second-order valence-corrected chi connectivity index (χ2v) is 4.02. The Hall–Kier alpha value is -0.630. The minimum atomic E-state index is -0.228. The molecule has 1 aliphatic carbocycles. The molecule has 1 N–H and O–H groups in total. The van der Waals surface area contributed by atoms with Crippen LogP contribution in [0, 0.1) is 5.92 Å². The van der Waals surface area contributed by atoms with Gasteiger partial charge in [0.25, 0.3) is 0 Å². The first kappa shape index (κ1) is 10.5. The molecule has 1 fully saturated rings. The highest BCUT2D eigenvalue weighted by molar-refractivity contribution is 5.86. The minimum absolute atomic E-state index is 0.228. The number of Topliss-reactive ketones (excluding diaryl/α,β-unsaturated/α-hetero) is 1. The number of carbonyl (C=O) groups is 1. The fourth-order valence-corrected chi connectivity index (χ4v) is 2.31. The molecule has 1 aliphatic rings. The van der Waals surface area contributed by atoms with E-state index in [-0.39, 0.29) is 11.3 Å². The topological polar surface area (TPSA) is 29.1 Å². The third-order valence-electron chi connectivity index (χ3n) is 3.27. The van der Waals surface area contributed by atoms with Gasteiger partial charge < -0.3 is 5.32 Å². The van der Waals surface area contributed by atoms with Crippen LogP contribution in [-0.4, -0.2) is 18.4 Å². The van der Waals surface area contributed by atoms with E-state index in [0.29, 0.717) is 5.92 Å². The lowest BCUT2D eigenvalue weighted by Crippen LogP contribution is -2.46. The smallest absolute Gasteiger partial charge is 0.149 e. The molecule has 0 aromatic carbocycles. The summed E-state index contributed by atoms with van der Waals surface area (Å²) in [5.74, 6) is 0.926. The molecule has 0 aliphatic heterocycles. The van der Waals surface area contributed by atoms with Crippen molar-refractivity contribution in [3.05, 3.63) is 12.7 Å². The van der Waals surface area contributed by atoms with Gasteiger partial charge in [0.1, 0.15) is 5.78 Å². The molecule has 0 saturated heterocycles. The average molecular weight is 181 g/mol. The first-order valence-electron chi connectivity index (χ1n) is 4.95. The monoisotopic (exact) mass is 181 g/mol. The highest BCUT2D eigenvalue weighted by Crippen LogP contribution is 2.36. The summed E-state index contributed by atoms with van der Waals surface area (Å²) in [6.45, 7) is 5.42. The Bertz CT molecular complexity index is 212. The maximum atomic E-state index is 11.5. The van der Waals surface area contributed by atoms with E-state index >= 15 is 0 Å². The van der Waals surface area contributed by atoms with Crippen molar-refractivity contribution in [1.82, 2.24) is 5.32 Å². The Labute approximate surface area is 80.4 Å². The van der Waals surface area contributed by atoms with E-state index in [2.05, 4.69) is 11.9 Å². The quantitative estimate of drug-likeness (QED) is 0.671. The summed E-state index contributed by atoms with van der Waals surface area (Å²) >= 11 is 0. The highest BCUT2D eigenvalue weighted by atomic mass is 16.1. The standard InChI is InChI=1S/C11H19NO/c1-4-5-10-6-7-11(8-10,12-3)9(2)13/h4,10,12H,1,5-8H2,2-3H3.